The van der Waals surface area contributed by atoms with Gasteiger partial charge in [-0.1, -0.05) is 24.3 Å². The van der Waals surface area contributed by atoms with Crippen LogP contribution in [0.4, 0.5) is 0 Å². The molecule has 33 heavy (non-hydrogen) atoms. The van der Waals surface area contributed by atoms with Crippen molar-refractivity contribution in [3.05, 3.63) is 86.8 Å². The Morgan fingerprint density at radius 1 is 1.00 bits per heavy atom. The molecular formula is C23H24N4O5S. The lowest BCUT2D eigenvalue weighted by Gasteiger charge is -2.09. The van der Waals surface area contributed by atoms with Crippen molar-refractivity contribution < 1.29 is 13.2 Å². The number of sulfone groups is 1. The van der Waals surface area contributed by atoms with E-state index >= 15 is 0 Å². The van der Waals surface area contributed by atoms with Crippen LogP contribution in [0, 0.1) is 0 Å². The lowest BCUT2D eigenvalue weighted by Crippen LogP contribution is -2.31. The van der Waals surface area contributed by atoms with E-state index < -0.39 is 21.1 Å². The number of H-pyrrole nitrogens is 1. The normalized spacial score (nSPS) is 11.7. The Hall–Kier alpha value is -3.66. The van der Waals surface area contributed by atoms with Crippen LogP contribution in [0.5, 0.6) is 5.75 Å². The van der Waals surface area contributed by atoms with Crippen LogP contribution in [-0.2, 0) is 29.3 Å². The average Bonchev–Trinajstić information content (AvgIpc) is 3.26. The van der Waals surface area contributed by atoms with E-state index in [-0.39, 0.29) is 17.2 Å². The Kier molecular flexibility index (Phi) is 6.19. The monoisotopic (exact) mass is 468 g/mol. The Morgan fingerprint density at radius 2 is 1.67 bits per heavy atom. The van der Waals surface area contributed by atoms with Crippen LogP contribution in [0.3, 0.4) is 0 Å². The summed E-state index contributed by atoms with van der Waals surface area (Å²) < 4.78 is 33.4. The predicted molar refractivity (Wildman–Crippen MR) is 125 cm³/mol. The highest BCUT2D eigenvalue weighted by molar-refractivity contribution is 7.91. The van der Waals surface area contributed by atoms with Gasteiger partial charge in [0, 0.05) is 6.54 Å². The van der Waals surface area contributed by atoms with Crippen LogP contribution in [0.25, 0.3) is 11.2 Å². The van der Waals surface area contributed by atoms with E-state index in [4.69, 9.17) is 4.74 Å². The van der Waals surface area contributed by atoms with Crippen LogP contribution in [0.15, 0.2) is 69.3 Å². The number of aryl methyl sites for hydroxylation is 2. The third kappa shape index (κ3) is 4.61. The molecule has 4 rings (SSSR count). The molecule has 4 aromatic rings. The fraction of sp³-hybridized carbons (Fsp3) is 0.261. The second kappa shape index (κ2) is 9.07. The minimum absolute atomic E-state index is 0.0207. The maximum absolute atomic E-state index is 12.6. The summed E-state index contributed by atoms with van der Waals surface area (Å²) in [7, 11) is -1.89. The van der Waals surface area contributed by atoms with Crippen molar-refractivity contribution in [2.24, 2.45) is 0 Å². The highest BCUT2D eigenvalue weighted by atomic mass is 32.2. The largest absolute Gasteiger partial charge is 0.497 e. The summed E-state index contributed by atoms with van der Waals surface area (Å²) in [5, 5.41) is 0. The van der Waals surface area contributed by atoms with E-state index in [0.29, 0.717) is 29.9 Å². The van der Waals surface area contributed by atoms with Crippen molar-refractivity contribution in [1.29, 1.82) is 0 Å². The molecule has 2 aromatic heterocycles. The van der Waals surface area contributed by atoms with Crippen LogP contribution in [0.1, 0.15) is 18.1 Å². The SMILES string of the molecule is CCn1cnc2c1c(=O)[nH]c(=O)n2Cc1ccc(CCS(=O)(=O)c2ccc(OC)cc2)cc1. The zero-order valence-electron chi connectivity index (χ0n) is 18.3. The van der Waals surface area contributed by atoms with Gasteiger partial charge in [0.25, 0.3) is 5.56 Å². The quantitative estimate of drug-likeness (QED) is 0.423. The number of ether oxygens (including phenoxy) is 1. The molecule has 0 aliphatic rings. The number of aromatic nitrogens is 4. The lowest BCUT2D eigenvalue weighted by molar-refractivity contribution is 0.414. The Bertz CT molecular complexity index is 1500. The molecule has 0 spiro atoms. The summed E-state index contributed by atoms with van der Waals surface area (Å²) in [5.74, 6) is 0.581. The lowest BCUT2D eigenvalue weighted by atomic mass is 10.1. The average molecular weight is 469 g/mol. The zero-order valence-corrected chi connectivity index (χ0v) is 19.1. The number of benzene rings is 2. The summed E-state index contributed by atoms with van der Waals surface area (Å²) in [6.45, 7) is 2.69. The standard InChI is InChI=1S/C23H24N4O5S/c1-3-26-15-24-21-20(26)22(28)25-23(29)27(21)14-17-6-4-16(5-7-17)12-13-33(30,31)19-10-8-18(32-2)9-11-19/h4-11,15H,3,12-14H2,1-2H3,(H,25,28,29). The van der Waals surface area contributed by atoms with Gasteiger partial charge in [-0.05, 0) is 48.7 Å². The minimum atomic E-state index is -3.42. The van der Waals surface area contributed by atoms with E-state index in [9.17, 15) is 18.0 Å². The number of hydrogen-bond acceptors (Lipinski definition) is 6. The third-order valence-corrected chi connectivity index (χ3v) is 7.27. The molecule has 2 aromatic carbocycles. The molecule has 0 fully saturated rings. The van der Waals surface area contributed by atoms with E-state index in [1.807, 2.05) is 31.2 Å². The molecule has 172 valence electrons. The Labute approximate surface area is 190 Å². The molecule has 0 saturated heterocycles. The fourth-order valence-corrected chi connectivity index (χ4v) is 4.95. The van der Waals surface area contributed by atoms with Gasteiger partial charge in [-0.2, -0.15) is 0 Å². The third-order valence-electron chi connectivity index (χ3n) is 5.54. The molecule has 0 radical (unpaired) electrons. The van der Waals surface area contributed by atoms with E-state index in [1.54, 1.807) is 35.2 Å². The smallest absolute Gasteiger partial charge is 0.330 e. The topological polar surface area (TPSA) is 116 Å². The maximum Gasteiger partial charge on any atom is 0.330 e. The molecule has 0 amide bonds. The molecule has 0 bridgehead atoms. The highest BCUT2D eigenvalue weighted by Crippen LogP contribution is 2.18. The minimum Gasteiger partial charge on any atom is -0.497 e. The zero-order chi connectivity index (χ0) is 23.6. The van der Waals surface area contributed by atoms with Gasteiger partial charge < -0.3 is 9.30 Å². The summed E-state index contributed by atoms with van der Waals surface area (Å²) in [6, 6.07) is 13.7. The predicted octanol–water partition coefficient (Wildman–Crippen LogP) is 1.98. The van der Waals surface area contributed by atoms with Gasteiger partial charge in [-0.15, -0.1) is 0 Å². The first kappa shape index (κ1) is 22.5. The molecule has 9 nitrogen and oxygen atoms in total. The molecule has 0 saturated carbocycles. The van der Waals surface area contributed by atoms with Crippen molar-refractivity contribution in [3.63, 3.8) is 0 Å². The van der Waals surface area contributed by atoms with Gasteiger partial charge in [0.05, 0.1) is 30.6 Å². The van der Waals surface area contributed by atoms with Crippen molar-refractivity contribution in [1.82, 2.24) is 19.1 Å². The molecule has 2 heterocycles. The number of aromatic amines is 1. The van der Waals surface area contributed by atoms with Crippen LogP contribution >= 0.6 is 0 Å². The second-order valence-corrected chi connectivity index (χ2v) is 9.72. The van der Waals surface area contributed by atoms with Gasteiger partial charge in [0.15, 0.2) is 21.0 Å². The van der Waals surface area contributed by atoms with E-state index in [0.717, 1.165) is 11.1 Å². The highest BCUT2D eigenvalue weighted by Gasteiger charge is 2.15. The molecule has 0 unspecified atom stereocenters. The molecule has 0 aliphatic heterocycles. The number of rotatable bonds is 8. The molecule has 1 N–H and O–H groups in total. The Balaban J connectivity index is 1.50. The maximum atomic E-state index is 12.6. The first-order valence-electron chi connectivity index (χ1n) is 10.4. The number of imidazole rings is 1. The van der Waals surface area contributed by atoms with Gasteiger partial charge in [0.2, 0.25) is 0 Å². The fourth-order valence-electron chi connectivity index (χ4n) is 3.65. The second-order valence-electron chi connectivity index (χ2n) is 7.61. The van der Waals surface area contributed by atoms with Gasteiger partial charge in [-0.25, -0.2) is 18.2 Å². The van der Waals surface area contributed by atoms with Crippen LogP contribution < -0.4 is 16.0 Å². The van der Waals surface area contributed by atoms with Crippen LogP contribution in [0.2, 0.25) is 0 Å². The van der Waals surface area contributed by atoms with E-state index in [1.165, 1.54) is 11.7 Å². The number of fused-ring (bicyclic) bond motifs is 1. The summed E-state index contributed by atoms with van der Waals surface area (Å²) in [5.41, 5.74) is 1.41. The van der Waals surface area contributed by atoms with Gasteiger partial charge in [0.1, 0.15) is 5.75 Å². The van der Waals surface area contributed by atoms with Crippen molar-refractivity contribution in [3.8, 4) is 5.75 Å². The number of nitrogens with one attached hydrogen (secondary N) is 1. The first-order chi connectivity index (χ1) is 15.8. The summed E-state index contributed by atoms with van der Waals surface area (Å²) in [4.78, 5) is 31.4. The molecule has 10 heteroatoms. The number of hydrogen-bond donors (Lipinski definition) is 1. The van der Waals surface area contributed by atoms with Crippen molar-refractivity contribution in [2.75, 3.05) is 12.9 Å². The summed E-state index contributed by atoms with van der Waals surface area (Å²) >= 11 is 0. The summed E-state index contributed by atoms with van der Waals surface area (Å²) in [6.07, 6.45) is 1.90. The van der Waals surface area contributed by atoms with E-state index in [2.05, 4.69) is 9.97 Å². The Morgan fingerprint density at radius 3 is 2.30 bits per heavy atom. The van der Waals surface area contributed by atoms with Gasteiger partial charge >= 0.3 is 5.69 Å². The van der Waals surface area contributed by atoms with Crippen molar-refractivity contribution in [2.45, 2.75) is 31.3 Å². The molecule has 0 aliphatic carbocycles. The first-order valence-corrected chi connectivity index (χ1v) is 12.1. The number of methoxy groups -OCH3 is 1. The van der Waals surface area contributed by atoms with Gasteiger partial charge in [-0.3, -0.25) is 14.3 Å². The molecular weight excluding hydrogens is 444 g/mol. The molecule has 0 atom stereocenters. The van der Waals surface area contributed by atoms with Crippen molar-refractivity contribution >= 4 is 21.0 Å². The van der Waals surface area contributed by atoms with Crippen LogP contribution in [-0.4, -0.2) is 40.4 Å². The number of nitrogens with zero attached hydrogens (tertiary/aromatic N) is 3.